The molecule has 2 aromatic carbocycles. The van der Waals surface area contributed by atoms with Crippen molar-refractivity contribution in [1.29, 1.82) is 0 Å². The summed E-state index contributed by atoms with van der Waals surface area (Å²) >= 11 is 0. The third kappa shape index (κ3) is 4.34. The predicted octanol–water partition coefficient (Wildman–Crippen LogP) is 3.39. The van der Waals surface area contributed by atoms with Crippen molar-refractivity contribution in [3.05, 3.63) is 46.5 Å². The normalized spacial score (nSPS) is 11.3. The van der Waals surface area contributed by atoms with E-state index in [2.05, 4.69) is 5.32 Å². The zero-order valence-corrected chi connectivity index (χ0v) is 16.9. The molecule has 1 N–H and O–H groups in total. The molecule has 28 heavy (non-hydrogen) atoms. The molecule has 2 aromatic rings. The number of hydrogen-bond acceptors (Lipinski definition) is 7. The zero-order valence-electron chi connectivity index (χ0n) is 16.1. The molecule has 0 spiro atoms. The van der Waals surface area contributed by atoms with Crippen LogP contribution >= 0.6 is 0 Å². The van der Waals surface area contributed by atoms with Crippen LogP contribution < -0.4 is 14.8 Å². The monoisotopic (exact) mass is 409 g/mol. The van der Waals surface area contributed by atoms with Crippen LogP contribution in [0.2, 0.25) is 0 Å². The first kappa shape index (κ1) is 21.5. The Kier molecular flexibility index (Phi) is 6.81. The molecule has 0 fully saturated rings. The highest BCUT2D eigenvalue weighted by Crippen LogP contribution is 2.36. The molecule has 0 aliphatic carbocycles. The van der Waals surface area contributed by atoms with Crippen LogP contribution in [0.4, 0.5) is 17.1 Å². The van der Waals surface area contributed by atoms with Crippen molar-refractivity contribution >= 4 is 27.1 Å². The van der Waals surface area contributed by atoms with Crippen LogP contribution in [0.25, 0.3) is 0 Å². The molecule has 2 rings (SSSR count). The van der Waals surface area contributed by atoms with Crippen LogP contribution in [0, 0.1) is 10.1 Å². The number of rotatable bonds is 9. The quantitative estimate of drug-likeness (QED) is 0.499. The minimum absolute atomic E-state index is 0.129. The minimum Gasteiger partial charge on any atom is -0.497 e. The summed E-state index contributed by atoms with van der Waals surface area (Å²) in [4.78, 5) is 10.8. The second kappa shape index (κ2) is 8.89. The minimum atomic E-state index is -3.81. The third-order valence-electron chi connectivity index (χ3n) is 4.19. The Hall–Kier alpha value is -2.85. The Labute approximate surface area is 164 Å². The molecule has 0 unspecified atom stereocenters. The van der Waals surface area contributed by atoms with Gasteiger partial charge in [0.15, 0.2) is 0 Å². The summed E-state index contributed by atoms with van der Waals surface area (Å²) in [5, 5.41) is 14.5. The highest BCUT2D eigenvalue weighted by atomic mass is 32.2. The van der Waals surface area contributed by atoms with Crippen LogP contribution in [0.1, 0.15) is 13.8 Å². The number of nitrogens with one attached hydrogen (secondary N) is 1. The van der Waals surface area contributed by atoms with Gasteiger partial charge in [-0.25, -0.2) is 8.42 Å². The number of nitro groups is 1. The standard InChI is InChI=1S/C18H23N3O6S/c1-5-20(6-2)28(24,25)14-8-10-15(17(12-14)21(22)23)19-16-9-7-13(26-3)11-18(16)27-4/h7-12,19H,5-6H2,1-4H3. The lowest BCUT2D eigenvalue weighted by Gasteiger charge is -2.19. The number of hydrogen-bond donors (Lipinski definition) is 1. The van der Waals surface area contributed by atoms with Crippen molar-refractivity contribution in [3.8, 4) is 11.5 Å². The van der Waals surface area contributed by atoms with Crippen LogP contribution in [0.5, 0.6) is 11.5 Å². The number of benzene rings is 2. The molecule has 0 aliphatic heterocycles. The highest BCUT2D eigenvalue weighted by molar-refractivity contribution is 7.89. The molecule has 0 atom stereocenters. The Morgan fingerprint density at radius 3 is 2.21 bits per heavy atom. The topological polar surface area (TPSA) is 111 Å². The maximum absolute atomic E-state index is 12.7. The largest absolute Gasteiger partial charge is 0.497 e. The molecule has 10 heteroatoms. The second-order valence-corrected chi connectivity index (χ2v) is 7.65. The van der Waals surface area contributed by atoms with Gasteiger partial charge in [-0.3, -0.25) is 10.1 Å². The van der Waals surface area contributed by atoms with Crippen molar-refractivity contribution in [2.75, 3.05) is 32.6 Å². The van der Waals surface area contributed by atoms with E-state index in [1.165, 1.54) is 30.7 Å². The summed E-state index contributed by atoms with van der Waals surface area (Å²) in [6.45, 7) is 3.97. The van der Waals surface area contributed by atoms with E-state index in [0.717, 1.165) is 6.07 Å². The van der Waals surface area contributed by atoms with Crippen molar-refractivity contribution in [1.82, 2.24) is 4.31 Å². The van der Waals surface area contributed by atoms with Gasteiger partial charge in [0.05, 0.1) is 29.7 Å². The van der Waals surface area contributed by atoms with Crippen LogP contribution in [-0.2, 0) is 10.0 Å². The molecule has 0 saturated heterocycles. The molecule has 0 amide bonds. The van der Waals surface area contributed by atoms with Gasteiger partial charge in [0, 0.05) is 25.2 Å². The van der Waals surface area contributed by atoms with Crippen molar-refractivity contribution in [3.63, 3.8) is 0 Å². The second-order valence-electron chi connectivity index (χ2n) is 5.72. The third-order valence-corrected chi connectivity index (χ3v) is 6.23. The zero-order chi connectivity index (χ0) is 20.9. The SMILES string of the molecule is CCN(CC)S(=O)(=O)c1ccc(Nc2ccc(OC)cc2OC)c([N+](=O)[O-])c1. The molecule has 0 saturated carbocycles. The Balaban J connectivity index is 2.49. The molecular weight excluding hydrogens is 386 g/mol. The first-order valence-corrected chi connectivity index (χ1v) is 10.00. The molecular formula is C18H23N3O6S. The fraction of sp³-hybridized carbons (Fsp3) is 0.333. The van der Waals surface area contributed by atoms with Gasteiger partial charge in [-0.15, -0.1) is 0 Å². The Morgan fingerprint density at radius 2 is 1.68 bits per heavy atom. The fourth-order valence-electron chi connectivity index (χ4n) is 2.69. The highest BCUT2D eigenvalue weighted by Gasteiger charge is 2.26. The van der Waals surface area contributed by atoms with Gasteiger partial charge in [0.25, 0.3) is 5.69 Å². The average molecular weight is 409 g/mol. The first-order chi connectivity index (χ1) is 13.3. The maximum atomic E-state index is 12.7. The molecule has 9 nitrogen and oxygen atoms in total. The number of sulfonamides is 1. The lowest BCUT2D eigenvalue weighted by molar-refractivity contribution is -0.384. The number of nitrogens with zero attached hydrogens (tertiary/aromatic N) is 2. The van der Waals surface area contributed by atoms with Crippen LogP contribution in [-0.4, -0.2) is 45.0 Å². The molecule has 0 heterocycles. The van der Waals surface area contributed by atoms with Gasteiger partial charge in [-0.2, -0.15) is 4.31 Å². The van der Waals surface area contributed by atoms with E-state index in [9.17, 15) is 18.5 Å². The Bertz CT molecular complexity index is 958. The predicted molar refractivity (Wildman–Crippen MR) is 106 cm³/mol. The number of nitro benzene ring substituents is 1. The van der Waals surface area contributed by atoms with Crippen molar-refractivity contribution in [2.45, 2.75) is 18.7 Å². The van der Waals surface area contributed by atoms with Gasteiger partial charge in [-0.05, 0) is 24.3 Å². The number of ether oxygens (including phenoxy) is 2. The van der Waals surface area contributed by atoms with Crippen molar-refractivity contribution < 1.29 is 22.8 Å². The van der Waals surface area contributed by atoms with Gasteiger partial charge in [0.2, 0.25) is 10.0 Å². The smallest absolute Gasteiger partial charge is 0.294 e. The lowest BCUT2D eigenvalue weighted by Crippen LogP contribution is -2.30. The van der Waals surface area contributed by atoms with E-state index >= 15 is 0 Å². The van der Waals surface area contributed by atoms with E-state index in [1.807, 2.05) is 0 Å². The number of anilines is 2. The van der Waals surface area contributed by atoms with Gasteiger partial charge >= 0.3 is 0 Å². The van der Waals surface area contributed by atoms with Gasteiger partial charge in [0.1, 0.15) is 17.2 Å². The van der Waals surface area contributed by atoms with E-state index in [0.29, 0.717) is 17.2 Å². The van der Waals surface area contributed by atoms with Gasteiger partial charge < -0.3 is 14.8 Å². The fourth-order valence-corrected chi connectivity index (χ4v) is 4.17. The summed E-state index contributed by atoms with van der Waals surface area (Å²) in [6, 6.07) is 8.74. The lowest BCUT2D eigenvalue weighted by atomic mass is 10.2. The summed E-state index contributed by atoms with van der Waals surface area (Å²) in [7, 11) is -0.827. The Morgan fingerprint density at radius 1 is 1.04 bits per heavy atom. The van der Waals surface area contributed by atoms with Crippen molar-refractivity contribution in [2.24, 2.45) is 0 Å². The van der Waals surface area contributed by atoms with Gasteiger partial charge in [-0.1, -0.05) is 13.8 Å². The first-order valence-electron chi connectivity index (χ1n) is 8.56. The summed E-state index contributed by atoms with van der Waals surface area (Å²) in [6.07, 6.45) is 0. The average Bonchev–Trinajstić information content (AvgIpc) is 2.68. The number of methoxy groups -OCH3 is 2. The van der Waals surface area contributed by atoms with E-state index < -0.39 is 14.9 Å². The maximum Gasteiger partial charge on any atom is 0.294 e. The molecule has 0 bridgehead atoms. The van der Waals surface area contributed by atoms with E-state index in [-0.39, 0.29) is 29.4 Å². The summed E-state index contributed by atoms with van der Waals surface area (Å²) in [5.74, 6) is 0.992. The van der Waals surface area contributed by atoms with E-state index in [1.54, 1.807) is 32.0 Å². The summed E-state index contributed by atoms with van der Waals surface area (Å²) < 4.78 is 37.0. The summed E-state index contributed by atoms with van der Waals surface area (Å²) in [5.41, 5.74) is 0.267. The molecule has 152 valence electrons. The molecule has 0 aliphatic rings. The molecule has 0 radical (unpaired) electrons. The van der Waals surface area contributed by atoms with E-state index in [4.69, 9.17) is 9.47 Å². The molecule has 0 aromatic heterocycles. The van der Waals surface area contributed by atoms with Crippen LogP contribution in [0.3, 0.4) is 0 Å². The van der Waals surface area contributed by atoms with Crippen LogP contribution in [0.15, 0.2) is 41.3 Å².